The Kier molecular flexibility index (Phi) is 5.67. The molecule has 2 aromatic carbocycles. The highest BCUT2D eigenvalue weighted by Crippen LogP contribution is 2.44. The van der Waals surface area contributed by atoms with Gasteiger partial charge < -0.3 is 4.90 Å². The Bertz CT molecular complexity index is 867. The van der Waals surface area contributed by atoms with Crippen LogP contribution in [0.5, 0.6) is 0 Å². The summed E-state index contributed by atoms with van der Waals surface area (Å²) >= 11 is 6.14. The first-order valence-electron chi connectivity index (χ1n) is 9.95. The predicted octanol–water partition coefficient (Wildman–Crippen LogP) is 7.21. The van der Waals surface area contributed by atoms with Crippen LogP contribution in [0.3, 0.4) is 0 Å². The van der Waals surface area contributed by atoms with E-state index >= 15 is 0 Å². The van der Waals surface area contributed by atoms with Crippen LogP contribution in [0, 0.1) is 13.8 Å². The van der Waals surface area contributed by atoms with Crippen molar-refractivity contribution >= 4 is 29.2 Å². The molecule has 1 unspecified atom stereocenters. The van der Waals surface area contributed by atoms with Crippen LogP contribution >= 0.6 is 11.6 Å². The molecule has 0 bridgehead atoms. The van der Waals surface area contributed by atoms with E-state index in [-0.39, 0.29) is 5.54 Å². The Morgan fingerprint density at radius 2 is 1.93 bits per heavy atom. The van der Waals surface area contributed by atoms with E-state index < -0.39 is 0 Å². The lowest BCUT2D eigenvalue weighted by Crippen LogP contribution is -2.48. The smallest absolute Gasteiger partial charge is 0.0673 e. The van der Waals surface area contributed by atoms with Crippen LogP contribution in [0.15, 0.2) is 35.3 Å². The molecule has 3 rings (SSSR count). The Labute approximate surface area is 169 Å². The third-order valence-electron chi connectivity index (χ3n) is 5.73. The fraction of sp³-hybridized carbons (Fsp3) is 0.458. The topological polar surface area (TPSA) is 15.6 Å². The highest BCUT2D eigenvalue weighted by atomic mass is 35.5. The Hall–Kier alpha value is -1.80. The summed E-state index contributed by atoms with van der Waals surface area (Å²) < 4.78 is 0. The SMILES string of the molecule is CCCN1c2cc(C)c(C=Nc3cc(Cl)ccc3C)cc2C(C)CC1(C)C. The van der Waals surface area contributed by atoms with Gasteiger partial charge in [0.15, 0.2) is 0 Å². The van der Waals surface area contributed by atoms with E-state index in [4.69, 9.17) is 16.6 Å². The molecule has 0 amide bonds. The van der Waals surface area contributed by atoms with Gasteiger partial charge in [-0.05, 0) is 93.0 Å². The summed E-state index contributed by atoms with van der Waals surface area (Å²) in [6, 6.07) is 10.5. The molecule has 0 aromatic heterocycles. The largest absolute Gasteiger partial charge is 0.366 e. The predicted molar refractivity (Wildman–Crippen MR) is 119 cm³/mol. The molecule has 2 nitrogen and oxygen atoms in total. The Morgan fingerprint density at radius 3 is 2.63 bits per heavy atom. The second kappa shape index (κ2) is 7.67. The molecular formula is C24H31ClN2. The molecule has 3 heteroatoms. The third kappa shape index (κ3) is 4.06. The first kappa shape index (κ1) is 19.9. The second-order valence-corrected chi connectivity index (χ2v) is 8.96. The van der Waals surface area contributed by atoms with Gasteiger partial charge in [-0.3, -0.25) is 4.99 Å². The minimum Gasteiger partial charge on any atom is -0.366 e. The van der Waals surface area contributed by atoms with Crippen LogP contribution in [0.4, 0.5) is 11.4 Å². The number of nitrogens with zero attached hydrogens (tertiary/aromatic N) is 2. The standard InChI is InChI=1S/C24H31ClN2/c1-7-10-27-23-11-17(3)19(12-21(23)18(4)14-24(27,5)6)15-26-22-13-20(25)9-8-16(22)2/h8-9,11-13,15,18H,7,10,14H2,1-6H3. The van der Waals surface area contributed by atoms with Crippen LogP contribution in [-0.4, -0.2) is 18.3 Å². The molecule has 2 aromatic rings. The van der Waals surface area contributed by atoms with Gasteiger partial charge in [0.1, 0.15) is 0 Å². The molecule has 27 heavy (non-hydrogen) atoms. The maximum Gasteiger partial charge on any atom is 0.0673 e. The number of aryl methyl sites for hydroxylation is 2. The zero-order valence-corrected chi connectivity index (χ0v) is 18.2. The van der Waals surface area contributed by atoms with Gasteiger partial charge in [0.05, 0.1) is 5.69 Å². The van der Waals surface area contributed by atoms with Crippen LogP contribution in [0.25, 0.3) is 0 Å². The molecule has 0 saturated carbocycles. The quantitative estimate of drug-likeness (QED) is 0.510. The lowest BCUT2D eigenvalue weighted by atomic mass is 9.79. The van der Waals surface area contributed by atoms with E-state index in [0.717, 1.165) is 29.2 Å². The maximum absolute atomic E-state index is 6.14. The number of benzene rings is 2. The van der Waals surface area contributed by atoms with Gasteiger partial charge in [-0.25, -0.2) is 0 Å². The Morgan fingerprint density at radius 1 is 1.19 bits per heavy atom. The number of hydrogen-bond donors (Lipinski definition) is 0. The van der Waals surface area contributed by atoms with Crippen molar-refractivity contribution in [2.75, 3.05) is 11.4 Å². The molecule has 1 heterocycles. The number of aliphatic imine (C=N–C) groups is 1. The van der Waals surface area contributed by atoms with E-state index in [1.807, 2.05) is 24.4 Å². The number of fused-ring (bicyclic) bond motifs is 1. The van der Waals surface area contributed by atoms with E-state index in [0.29, 0.717) is 5.92 Å². The molecule has 0 radical (unpaired) electrons. The molecule has 1 aliphatic heterocycles. The maximum atomic E-state index is 6.14. The summed E-state index contributed by atoms with van der Waals surface area (Å²) in [6.45, 7) is 14.7. The van der Waals surface area contributed by atoms with E-state index in [1.165, 1.54) is 28.8 Å². The van der Waals surface area contributed by atoms with Crippen molar-refractivity contribution in [1.82, 2.24) is 0 Å². The molecule has 0 N–H and O–H groups in total. The second-order valence-electron chi connectivity index (χ2n) is 8.53. The fourth-order valence-corrected chi connectivity index (χ4v) is 4.46. The lowest BCUT2D eigenvalue weighted by molar-refractivity contribution is 0.376. The van der Waals surface area contributed by atoms with Crippen molar-refractivity contribution in [3.8, 4) is 0 Å². The van der Waals surface area contributed by atoms with Gasteiger partial charge in [0.25, 0.3) is 0 Å². The summed E-state index contributed by atoms with van der Waals surface area (Å²) in [5, 5.41) is 0.723. The minimum absolute atomic E-state index is 0.197. The van der Waals surface area contributed by atoms with Crippen molar-refractivity contribution < 1.29 is 0 Å². The summed E-state index contributed by atoms with van der Waals surface area (Å²) in [5.41, 5.74) is 7.56. The normalized spacial score (nSPS) is 18.8. The monoisotopic (exact) mass is 382 g/mol. The summed E-state index contributed by atoms with van der Waals surface area (Å²) in [6.07, 6.45) is 4.32. The van der Waals surface area contributed by atoms with Crippen molar-refractivity contribution in [2.45, 2.75) is 65.8 Å². The van der Waals surface area contributed by atoms with Crippen molar-refractivity contribution in [2.24, 2.45) is 4.99 Å². The average molecular weight is 383 g/mol. The van der Waals surface area contributed by atoms with Gasteiger partial charge in [0, 0.05) is 29.0 Å². The molecule has 0 spiro atoms. The van der Waals surface area contributed by atoms with Crippen LogP contribution in [0.2, 0.25) is 5.02 Å². The number of hydrogen-bond acceptors (Lipinski definition) is 2. The van der Waals surface area contributed by atoms with Crippen LogP contribution in [0.1, 0.15) is 68.7 Å². The number of anilines is 1. The van der Waals surface area contributed by atoms with Gasteiger partial charge in [0.2, 0.25) is 0 Å². The number of rotatable bonds is 4. The average Bonchev–Trinajstić information content (AvgIpc) is 2.59. The summed E-state index contributed by atoms with van der Waals surface area (Å²) in [7, 11) is 0. The zero-order valence-electron chi connectivity index (χ0n) is 17.4. The third-order valence-corrected chi connectivity index (χ3v) is 5.97. The van der Waals surface area contributed by atoms with E-state index in [1.54, 1.807) is 0 Å². The van der Waals surface area contributed by atoms with Gasteiger partial charge >= 0.3 is 0 Å². The highest BCUT2D eigenvalue weighted by molar-refractivity contribution is 6.30. The lowest BCUT2D eigenvalue weighted by Gasteiger charge is -2.48. The van der Waals surface area contributed by atoms with Gasteiger partial charge in [-0.2, -0.15) is 0 Å². The Balaban J connectivity index is 2.02. The van der Waals surface area contributed by atoms with Gasteiger partial charge in [-0.15, -0.1) is 0 Å². The molecule has 1 aliphatic rings. The molecule has 0 aliphatic carbocycles. The van der Waals surface area contributed by atoms with E-state index in [9.17, 15) is 0 Å². The molecule has 144 valence electrons. The zero-order chi connectivity index (χ0) is 19.8. The summed E-state index contributed by atoms with van der Waals surface area (Å²) in [5.74, 6) is 0.545. The van der Waals surface area contributed by atoms with Crippen LogP contribution < -0.4 is 4.90 Å². The summed E-state index contributed by atoms with van der Waals surface area (Å²) in [4.78, 5) is 7.33. The van der Waals surface area contributed by atoms with Crippen molar-refractivity contribution in [3.05, 3.63) is 57.6 Å². The highest BCUT2D eigenvalue weighted by Gasteiger charge is 2.36. The first-order valence-corrected chi connectivity index (χ1v) is 10.3. The van der Waals surface area contributed by atoms with Crippen molar-refractivity contribution in [1.29, 1.82) is 0 Å². The first-order chi connectivity index (χ1) is 12.7. The van der Waals surface area contributed by atoms with Crippen LogP contribution in [-0.2, 0) is 0 Å². The molecule has 0 saturated heterocycles. The van der Waals surface area contributed by atoms with E-state index in [2.05, 4.69) is 58.6 Å². The molecule has 1 atom stereocenters. The number of halogens is 1. The molecule has 0 fully saturated rings. The van der Waals surface area contributed by atoms with Gasteiger partial charge in [-0.1, -0.05) is 31.5 Å². The minimum atomic E-state index is 0.197. The fourth-order valence-electron chi connectivity index (χ4n) is 4.30. The molecular weight excluding hydrogens is 352 g/mol. The van der Waals surface area contributed by atoms with Crippen molar-refractivity contribution in [3.63, 3.8) is 0 Å².